The number of ether oxygens (including phenoxy) is 3. The Hall–Kier alpha value is -2.63. The molecule has 1 atom stereocenters. The van der Waals surface area contributed by atoms with Crippen LogP contribution in [0, 0.1) is 0 Å². The molecule has 0 aliphatic rings. The van der Waals surface area contributed by atoms with Gasteiger partial charge in [-0.25, -0.2) is 0 Å². The van der Waals surface area contributed by atoms with E-state index in [2.05, 4.69) is 69.4 Å². The summed E-state index contributed by atoms with van der Waals surface area (Å²) in [4.78, 5) is 38.4. The Labute approximate surface area is 511 Å². The van der Waals surface area contributed by atoms with Crippen LogP contribution in [-0.4, -0.2) is 37.2 Å². The Balaban J connectivity index is 4.14. The van der Waals surface area contributed by atoms with Crippen molar-refractivity contribution in [3.63, 3.8) is 0 Å². The number of carbonyl (C=O) groups excluding carboxylic acids is 3. The molecule has 82 heavy (non-hydrogen) atoms. The van der Waals surface area contributed by atoms with Crippen molar-refractivity contribution in [2.24, 2.45) is 0 Å². The minimum Gasteiger partial charge on any atom is -0.462 e. The third-order valence-electron chi connectivity index (χ3n) is 16.5. The van der Waals surface area contributed by atoms with Gasteiger partial charge in [-0.1, -0.05) is 326 Å². The van der Waals surface area contributed by atoms with Crippen molar-refractivity contribution >= 4 is 17.9 Å². The second kappa shape index (κ2) is 70.9. The van der Waals surface area contributed by atoms with E-state index in [4.69, 9.17) is 14.2 Å². The largest absolute Gasteiger partial charge is 0.462 e. The molecule has 0 saturated heterocycles. The van der Waals surface area contributed by atoms with Crippen molar-refractivity contribution in [2.75, 3.05) is 13.2 Å². The van der Waals surface area contributed by atoms with E-state index in [9.17, 15) is 14.4 Å². The van der Waals surface area contributed by atoms with Gasteiger partial charge in [-0.05, 0) is 103 Å². The minimum atomic E-state index is -0.777. The molecule has 0 fully saturated rings. The number of rotatable bonds is 68. The Morgan fingerprint density at radius 1 is 0.244 bits per heavy atom. The first kappa shape index (κ1) is 79.4. The summed E-state index contributed by atoms with van der Waals surface area (Å²) >= 11 is 0. The first-order valence-corrected chi connectivity index (χ1v) is 36.6. The normalized spacial score (nSPS) is 12.3. The van der Waals surface area contributed by atoms with Crippen LogP contribution >= 0.6 is 0 Å². The Morgan fingerprint density at radius 2 is 0.439 bits per heavy atom. The maximum Gasteiger partial charge on any atom is 0.306 e. The molecule has 6 nitrogen and oxygen atoms in total. The van der Waals surface area contributed by atoms with Crippen molar-refractivity contribution in [1.82, 2.24) is 0 Å². The monoisotopic (exact) mass is 1150 g/mol. The van der Waals surface area contributed by atoms with Crippen LogP contribution in [-0.2, 0) is 28.6 Å². The summed E-state index contributed by atoms with van der Waals surface area (Å²) < 4.78 is 17.0. The molecule has 0 bridgehead atoms. The fourth-order valence-corrected chi connectivity index (χ4v) is 11.0. The molecular weight excluding hydrogens is 1010 g/mol. The quantitative estimate of drug-likeness (QED) is 0.0261. The Bertz CT molecular complexity index is 1410. The number of allylic oxidation sites excluding steroid dienone is 8. The molecule has 0 heterocycles. The predicted octanol–water partition coefficient (Wildman–Crippen LogP) is 25.3. The van der Waals surface area contributed by atoms with Gasteiger partial charge in [0.1, 0.15) is 13.2 Å². The highest BCUT2D eigenvalue weighted by Gasteiger charge is 2.19. The maximum absolute atomic E-state index is 12.9. The van der Waals surface area contributed by atoms with Gasteiger partial charge < -0.3 is 14.2 Å². The predicted molar refractivity (Wildman–Crippen MR) is 358 cm³/mol. The summed E-state index contributed by atoms with van der Waals surface area (Å²) in [5, 5.41) is 0. The zero-order valence-electron chi connectivity index (χ0n) is 55.3. The van der Waals surface area contributed by atoms with E-state index in [1.165, 1.54) is 289 Å². The lowest BCUT2D eigenvalue weighted by molar-refractivity contribution is -0.167. The SMILES string of the molecule is CCCCCCC/C=C\C/C=C\CCCCCCCCCCCCCCCCCCCCCCCC(=O)OCC(COC(=O)CCCCCCC/C=C\CCCCCCC)OC(=O)CCCCCCCCC/C=C\CCCCCCCC. The summed E-state index contributed by atoms with van der Waals surface area (Å²) in [6, 6.07) is 0. The third kappa shape index (κ3) is 68.2. The van der Waals surface area contributed by atoms with E-state index >= 15 is 0 Å². The average Bonchev–Trinajstić information content (AvgIpc) is 3.47. The fraction of sp³-hybridized carbons (Fsp3) is 0.855. The van der Waals surface area contributed by atoms with Gasteiger partial charge in [-0.3, -0.25) is 14.4 Å². The summed E-state index contributed by atoms with van der Waals surface area (Å²) in [7, 11) is 0. The molecule has 0 aromatic rings. The average molecular weight is 1150 g/mol. The lowest BCUT2D eigenvalue weighted by Crippen LogP contribution is -2.30. The summed E-state index contributed by atoms with van der Waals surface area (Å²) in [6.45, 7) is 6.67. The molecule has 0 spiro atoms. The van der Waals surface area contributed by atoms with Crippen molar-refractivity contribution in [3.05, 3.63) is 48.6 Å². The van der Waals surface area contributed by atoms with Crippen molar-refractivity contribution in [2.45, 2.75) is 406 Å². The molecule has 6 heteroatoms. The molecule has 0 amide bonds. The van der Waals surface area contributed by atoms with E-state index in [-0.39, 0.29) is 31.1 Å². The van der Waals surface area contributed by atoms with Gasteiger partial charge in [-0.2, -0.15) is 0 Å². The summed E-state index contributed by atoms with van der Waals surface area (Å²) in [5.74, 6) is -0.860. The number of esters is 3. The first-order valence-electron chi connectivity index (χ1n) is 36.6. The van der Waals surface area contributed by atoms with Crippen LogP contribution in [0.3, 0.4) is 0 Å². The van der Waals surface area contributed by atoms with Gasteiger partial charge in [0.15, 0.2) is 6.10 Å². The van der Waals surface area contributed by atoms with Crippen molar-refractivity contribution in [1.29, 1.82) is 0 Å². The lowest BCUT2D eigenvalue weighted by atomic mass is 10.0. The van der Waals surface area contributed by atoms with Crippen molar-refractivity contribution in [3.8, 4) is 0 Å². The zero-order chi connectivity index (χ0) is 59.2. The molecule has 0 saturated carbocycles. The number of hydrogen-bond acceptors (Lipinski definition) is 6. The molecule has 1 unspecified atom stereocenters. The molecule has 0 radical (unpaired) electrons. The van der Waals surface area contributed by atoms with Gasteiger partial charge in [-0.15, -0.1) is 0 Å². The zero-order valence-corrected chi connectivity index (χ0v) is 55.3. The van der Waals surface area contributed by atoms with E-state index in [1.807, 2.05) is 0 Å². The van der Waals surface area contributed by atoms with Crippen LogP contribution in [0.1, 0.15) is 400 Å². The smallest absolute Gasteiger partial charge is 0.306 e. The highest BCUT2D eigenvalue weighted by atomic mass is 16.6. The maximum atomic E-state index is 12.9. The van der Waals surface area contributed by atoms with Crippen LogP contribution in [0.25, 0.3) is 0 Å². The molecule has 0 aliphatic carbocycles. The number of hydrogen-bond donors (Lipinski definition) is 0. The van der Waals surface area contributed by atoms with E-state index < -0.39 is 6.10 Å². The highest BCUT2D eigenvalue weighted by Crippen LogP contribution is 2.18. The summed E-state index contributed by atoms with van der Waals surface area (Å²) in [5.41, 5.74) is 0. The Morgan fingerprint density at radius 3 is 0.683 bits per heavy atom. The topological polar surface area (TPSA) is 78.9 Å². The minimum absolute atomic E-state index is 0.0728. The molecule has 0 aliphatic heterocycles. The van der Waals surface area contributed by atoms with Gasteiger partial charge in [0.2, 0.25) is 0 Å². The highest BCUT2D eigenvalue weighted by molar-refractivity contribution is 5.71. The number of carbonyl (C=O) groups is 3. The molecule has 0 aromatic carbocycles. The van der Waals surface area contributed by atoms with Gasteiger partial charge in [0.25, 0.3) is 0 Å². The molecule has 0 aromatic heterocycles. The number of unbranched alkanes of at least 4 members (excludes halogenated alkanes) is 49. The van der Waals surface area contributed by atoms with Crippen LogP contribution < -0.4 is 0 Å². The second-order valence-electron chi connectivity index (χ2n) is 24.8. The first-order chi connectivity index (χ1) is 40.5. The fourth-order valence-electron chi connectivity index (χ4n) is 11.0. The van der Waals surface area contributed by atoms with Crippen LogP contribution in [0.5, 0.6) is 0 Å². The van der Waals surface area contributed by atoms with Crippen LogP contribution in [0.4, 0.5) is 0 Å². The van der Waals surface area contributed by atoms with Crippen LogP contribution in [0.2, 0.25) is 0 Å². The van der Waals surface area contributed by atoms with Gasteiger partial charge in [0.05, 0.1) is 0 Å². The third-order valence-corrected chi connectivity index (χ3v) is 16.5. The van der Waals surface area contributed by atoms with Gasteiger partial charge in [0, 0.05) is 19.3 Å². The van der Waals surface area contributed by atoms with Crippen LogP contribution in [0.15, 0.2) is 48.6 Å². The van der Waals surface area contributed by atoms with Crippen molar-refractivity contribution < 1.29 is 28.6 Å². The molecule has 0 rings (SSSR count). The Kier molecular flexibility index (Phi) is 68.6. The van der Waals surface area contributed by atoms with E-state index in [1.54, 1.807) is 0 Å². The second-order valence-corrected chi connectivity index (χ2v) is 24.8. The lowest BCUT2D eigenvalue weighted by Gasteiger charge is -2.18. The molecule has 0 N–H and O–H groups in total. The molecule has 480 valence electrons. The standard InChI is InChI=1S/C76H140O6/c1-4-7-10-13-16-19-22-25-28-30-31-32-33-34-35-36-37-38-39-40-41-42-43-44-45-47-48-51-54-57-60-63-66-69-75(78)81-72-73(71-80-74(77)68-65-62-59-56-53-50-27-24-21-18-15-12-9-6-3)82-76(79)70-67-64-61-58-55-52-49-46-29-26-23-20-17-14-11-8-5-2/h22,24-27,29-31,73H,4-21,23,28,32-72H2,1-3H3/b25-22-,27-24-,29-26-,31-30-. The van der Waals surface area contributed by atoms with E-state index in [0.29, 0.717) is 19.3 Å². The molecular formula is C76H140O6. The van der Waals surface area contributed by atoms with Gasteiger partial charge >= 0.3 is 17.9 Å². The summed E-state index contributed by atoms with van der Waals surface area (Å²) in [6.07, 6.45) is 90.1. The van der Waals surface area contributed by atoms with E-state index in [0.717, 1.165) is 70.6 Å².